The van der Waals surface area contributed by atoms with Crippen LogP contribution in [0.25, 0.3) is 11.1 Å². The van der Waals surface area contributed by atoms with E-state index in [0.29, 0.717) is 47.3 Å². The van der Waals surface area contributed by atoms with Gasteiger partial charge in [0.15, 0.2) is 23.0 Å². The van der Waals surface area contributed by atoms with Gasteiger partial charge in [-0.2, -0.15) is 0 Å². The van der Waals surface area contributed by atoms with Crippen LogP contribution in [0.5, 0.6) is 34.5 Å². The van der Waals surface area contributed by atoms with Gasteiger partial charge in [0.1, 0.15) is 0 Å². The quantitative estimate of drug-likeness (QED) is 0.524. The highest BCUT2D eigenvalue weighted by atomic mass is 127. The molecule has 0 aromatic heterocycles. The van der Waals surface area contributed by atoms with Crippen molar-refractivity contribution in [2.45, 2.75) is 32.3 Å². The predicted octanol–water partition coefficient (Wildman–Crippen LogP) is 4.50. The second-order valence-corrected chi connectivity index (χ2v) is 9.16. The fourth-order valence-electron chi connectivity index (χ4n) is 4.42. The number of hydrogen-bond donors (Lipinski definition) is 1. The highest BCUT2D eigenvalue weighted by Crippen LogP contribution is 2.57. The molecule has 0 spiro atoms. The molecular formula is C24H31IO7. The smallest absolute Gasteiger partial charge is 0.205 e. The Hall–Kier alpha value is -2.07. The number of fused-ring (bicyclic) bond motifs is 3. The molecule has 0 radical (unpaired) electrons. The van der Waals surface area contributed by atoms with Crippen LogP contribution < -0.4 is 28.4 Å². The Morgan fingerprint density at radius 1 is 0.812 bits per heavy atom. The van der Waals surface area contributed by atoms with Gasteiger partial charge in [0, 0.05) is 17.5 Å². The third-order valence-corrected chi connectivity index (χ3v) is 7.44. The van der Waals surface area contributed by atoms with E-state index in [0.717, 1.165) is 25.8 Å². The van der Waals surface area contributed by atoms with Gasteiger partial charge < -0.3 is 33.5 Å². The van der Waals surface area contributed by atoms with Gasteiger partial charge in [-0.1, -0.05) is 6.92 Å². The Kier molecular flexibility index (Phi) is 7.24. The molecule has 2 atom stereocenters. The Morgan fingerprint density at radius 3 is 1.84 bits per heavy atom. The first kappa shape index (κ1) is 24.6. The summed E-state index contributed by atoms with van der Waals surface area (Å²) in [5, 5.41) is 11.4. The van der Waals surface area contributed by atoms with Crippen molar-refractivity contribution < 1.29 is 33.5 Å². The third-order valence-electron chi connectivity index (χ3n) is 6.30. The minimum Gasteiger partial charge on any atom is -0.493 e. The zero-order valence-corrected chi connectivity index (χ0v) is 22.0. The normalized spacial score (nSPS) is 19.8. The SMILES string of the molecule is COc1cc2c(c(OC)c1OC)-c1c(c(I)c(OC)c(OC)c1OC)C[C@](C)(O)[C@@H](C)C2. The second-order valence-electron chi connectivity index (χ2n) is 8.09. The van der Waals surface area contributed by atoms with Gasteiger partial charge in [-0.3, -0.25) is 0 Å². The van der Waals surface area contributed by atoms with Gasteiger partial charge in [-0.25, -0.2) is 0 Å². The molecule has 2 aromatic rings. The molecule has 1 aliphatic rings. The van der Waals surface area contributed by atoms with E-state index in [-0.39, 0.29) is 5.92 Å². The van der Waals surface area contributed by atoms with E-state index < -0.39 is 5.60 Å². The minimum atomic E-state index is -0.975. The molecule has 0 fully saturated rings. The number of halogens is 1. The minimum absolute atomic E-state index is 0.0490. The number of ether oxygens (including phenoxy) is 6. The van der Waals surface area contributed by atoms with Gasteiger partial charge in [0.05, 0.1) is 51.8 Å². The Morgan fingerprint density at radius 2 is 1.34 bits per heavy atom. The molecule has 0 aliphatic heterocycles. The maximum Gasteiger partial charge on any atom is 0.205 e. The van der Waals surface area contributed by atoms with Crippen LogP contribution in [0.1, 0.15) is 25.0 Å². The predicted molar refractivity (Wildman–Crippen MR) is 131 cm³/mol. The van der Waals surface area contributed by atoms with E-state index in [2.05, 4.69) is 22.6 Å². The molecule has 2 aromatic carbocycles. The molecule has 3 rings (SSSR count). The molecule has 32 heavy (non-hydrogen) atoms. The summed E-state index contributed by atoms with van der Waals surface area (Å²) in [7, 11) is 9.55. The summed E-state index contributed by atoms with van der Waals surface area (Å²) in [6, 6.07) is 1.95. The summed E-state index contributed by atoms with van der Waals surface area (Å²) < 4.78 is 35.3. The van der Waals surface area contributed by atoms with Crippen molar-refractivity contribution in [2.75, 3.05) is 42.7 Å². The lowest BCUT2D eigenvalue weighted by Gasteiger charge is -2.36. The molecule has 176 valence electrons. The van der Waals surface area contributed by atoms with Crippen molar-refractivity contribution in [1.82, 2.24) is 0 Å². The number of aliphatic hydroxyl groups is 1. The summed E-state index contributed by atoms with van der Waals surface area (Å²) >= 11 is 2.25. The zero-order chi connectivity index (χ0) is 23.8. The van der Waals surface area contributed by atoms with Crippen LogP contribution in [-0.4, -0.2) is 53.4 Å². The lowest BCUT2D eigenvalue weighted by molar-refractivity contribution is 0.00611. The molecule has 0 amide bonds. The number of rotatable bonds is 6. The summed E-state index contributed by atoms with van der Waals surface area (Å²) in [5.41, 5.74) is 2.49. The van der Waals surface area contributed by atoms with E-state index >= 15 is 0 Å². The maximum atomic E-state index is 11.4. The first-order valence-corrected chi connectivity index (χ1v) is 11.3. The van der Waals surface area contributed by atoms with Crippen molar-refractivity contribution in [3.8, 4) is 45.6 Å². The van der Waals surface area contributed by atoms with Gasteiger partial charge >= 0.3 is 0 Å². The first-order valence-electron chi connectivity index (χ1n) is 10.2. The van der Waals surface area contributed by atoms with E-state index in [9.17, 15) is 5.11 Å². The molecule has 0 saturated carbocycles. The van der Waals surface area contributed by atoms with Crippen LogP contribution in [-0.2, 0) is 12.8 Å². The molecule has 0 bridgehead atoms. The van der Waals surface area contributed by atoms with Crippen LogP contribution in [0.4, 0.5) is 0 Å². The molecule has 1 aliphatic carbocycles. The van der Waals surface area contributed by atoms with Crippen molar-refractivity contribution >= 4 is 22.6 Å². The van der Waals surface area contributed by atoms with E-state index in [1.54, 1.807) is 42.7 Å². The maximum absolute atomic E-state index is 11.4. The van der Waals surface area contributed by atoms with E-state index in [1.165, 1.54) is 0 Å². The van der Waals surface area contributed by atoms with Gasteiger partial charge in [-0.05, 0) is 59.0 Å². The van der Waals surface area contributed by atoms with Crippen molar-refractivity contribution in [3.63, 3.8) is 0 Å². The molecule has 0 unspecified atom stereocenters. The van der Waals surface area contributed by atoms with E-state index in [4.69, 9.17) is 28.4 Å². The summed E-state index contributed by atoms with van der Waals surface area (Å²) in [6.45, 7) is 3.91. The van der Waals surface area contributed by atoms with Gasteiger partial charge in [0.2, 0.25) is 11.5 Å². The van der Waals surface area contributed by atoms with Crippen LogP contribution in [0.3, 0.4) is 0 Å². The van der Waals surface area contributed by atoms with Gasteiger partial charge in [0.25, 0.3) is 0 Å². The topological polar surface area (TPSA) is 75.6 Å². The lowest BCUT2D eigenvalue weighted by atomic mass is 9.75. The summed E-state index contributed by atoms with van der Waals surface area (Å²) in [5.74, 6) is 3.10. The molecule has 7 nitrogen and oxygen atoms in total. The Bertz CT molecular complexity index is 1020. The molecule has 0 saturated heterocycles. The average molecular weight is 558 g/mol. The van der Waals surface area contributed by atoms with Crippen LogP contribution in [0.15, 0.2) is 6.07 Å². The average Bonchev–Trinajstić information content (AvgIpc) is 2.78. The summed E-state index contributed by atoms with van der Waals surface area (Å²) in [6.07, 6.45) is 1.00. The number of hydrogen-bond acceptors (Lipinski definition) is 7. The van der Waals surface area contributed by atoms with Crippen LogP contribution in [0.2, 0.25) is 0 Å². The molecule has 0 heterocycles. The fraction of sp³-hybridized carbons (Fsp3) is 0.500. The number of benzene rings is 2. The first-order chi connectivity index (χ1) is 15.2. The Labute approximate surface area is 203 Å². The van der Waals surface area contributed by atoms with Crippen LogP contribution >= 0.6 is 22.6 Å². The summed E-state index contributed by atoms with van der Waals surface area (Å²) in [4.78, 5) is 0. The van der Waals surface area contributed by atoms with Crippen molar-refractivity contribution in [3.05, 3.63) is 20.8 Å². The fourth-order valence-corrected chi connectivity index (χ4v) is 5.34. The largest absolute Gasteiger partial charge is 0.493 e. The highest BCUT2D eigenvalue weighted by Gasteiger charge is 2.39. The van der Waals surface area contributed by atoms with E-state index in [1.807, 2.05) is 19.9 Å². The van der Waals surface area contributed by atoms with Crippen molar-refractivity contribution in [1.29, 1.82) is 0 Å². The highest BCUT2D eigenvalue weighted by molar-refractivity contribution is 14.1. The number of methoxy groups -OCH3 is 6. The monoisotopic (exact) mass is 558 g/mol. The molecule has 1 N–H and O–H groups in total. The Balaban J connectivity index is 2.61. The van der Waals surface area contributed by atoms with Gasteiger partial charge in [-0.15, -0.1) is 0 Å². The third kappa shape index (κ3) is 3.81. The molecule has 8 heteroatoms. The van der Waals surface area contributed by atoms with Crippen molar-refractivity contribution in [2.24, 2.45) is 5.92 Å². The zero-order valence-electron chi connectivity index (χ0n) is 19.8. The standard InChI is InChI=1S/C24H31IO7/c1-12-9-13-10-15(27-3)19(28-4)20(29-5)16(13)17-14(11-24(12,2)26)18(25)22(31-7)23(32-8)21(17)30-6/h10,12,26H,9,11H2,1-8H3/t12-,24-/m0/s1. The van der Waals surface area contributed by atoms with Crippen LogP contribution in [0, 0.1) is 9.49 Å². The lowest BCUT2D eigenvalue weighted by Crippen LogP contribution is -2.38. The molecular weight excluding hydrogens is 527 g/mol. The second kappa shape index (κ2) is 9.43.